The largest absolute Gasteiger partial charge is 0.304 e. The number of hydrogen-bond donors (Lipinski definition) is 1. The van der Waals surface area contributed by atoms with Crippen LogP contribution in [-0.2, 0) is 0 Å². The quantitative estimate of drug-likeness (QED) is 0.785. The van der Waals surface area contributed by atoms with E-state index in [-0.39, 0.29) is 0 Å². The number of thiol groups is 1. The Morgan fingerprint density at radius 3 is 2.28 bits per heavy atom. The van der Waals surface area contributed by atoms with Crippen LogP contribution < -0.4 is 0 Å². The Morgan fingerprint density at radius 2 is 1.72 bits per heavy atom. The second-order valence-corrected chi connectivity index (χ2v) is 8.17. The molecule has 0 radical (unpaired) electrons. The van der Waals surface area contributed by atoms with Crippen LogP contribution in [-0.4, -0.2) is 48.4 Å². The molecular weight excluding hydrogens is 240 g/mol. The molecule has 1 aliphatic carbocycles. The molecule has 2 fully saturated rings. The molecule has 2 nitrogen and oxygen atoms in total. The SMILES string of the molecule is CN1CCN(C(S)CC2CC2CC(C)(C)C)CC1. The molecule has 0 amide bonds. The standard InChI is InChI=1S/C15H30N2S/c1-15(2,3)11-13-9-12(13)10-14(18)17-7-5-16(4)6-8-17/h12-14,18H,5-11H2,1-4H3. The van der Waals surface area contributed by atoms with Crippen molar-refractivity contribution in [2.75, 3.05) is 33.2 Å². The second kappa shape index (κ2) is 5.72. The van der Waals surface area contributed by atoms with Gasteiger partial charge in [-0.3, -0.25) is 4.90 Å². The van der Waals surface area contributed by atoms with E-state index in [0.717, 1.165) is 11.8 Å². The molecule has 1 saturated carbocycles. The summed E-state index contributed by atoms with van der Waals surface area (Å²) in [6.45, 7) is 11.9. The number of rotatable bonds is 4. The van der Waals surface area contributed by atoms with Crippen LogP contribution in [0.4, 0.5) is 0 Å². The first-order valence-electron chi connectivity index (χ1n) is 7.46. The zero-order valence-corrected chi connectivity index (χ0v) is 13.4. The third-order valence-electron chi connectivity index (χ3n) is 4.42. The molecule has 1 heterocycles. The van der Waals surface area contributed by atoms with Crippen molar-refractivity contribution in [3.63, 3.8) is 0 Å². The molecule has 3 unspecified atom stereocenters. The summed E-state index contributed by atoms with van der Waals surface area (Å²) in [6, 6.07) is 0. The van der Waals surface area contributed by atoms with Gasteiger partial charge >= 0.3 is 0 Å². The highest BCUT2D eigenvalue weighted by Crippen LogP contribution is 2.49. The van der Waals surface area contributed by atoms with Crippen LogP contribution in [0.5, 0.6) is 0 Å². The highest BCUT2D eigenvalue weighted by molar-refractivity contribution is 7.80. The van der Waals surface area contributed by atoms with Crippen LogP contribution in [0.15, 0.2) is 0 Å². The number of likely N-dealkylation sites (N-methyl/N-ethyl adjacent to an activating group) is 1. The van der Waals surface area contributed by atoms with Gasteiger partial charge in [0.2, 0.25) is 0 Å². The molecule has 0 N–H and O–H groups in total. The molecule has 106 valence electrons. The van der Waals surface area contributed by atoms with Crippen LogP contribution in [0.2, 0.25) is 0 Å². The fraction of sp³-hybridized carbons (Fsp3) is 1.00. The van der Waals surface area contributed by atoms with E-state index in [1.165, 1.54) is 45.4 Å². The normalized spacial score (nSPS) is 32.5. The van der Waals surface area contributed by atoms with Crippen LogP contribution in [0.1, 0.15) is 40.0 Å². The lowest BCUT2D eigenvalue weighted by Crippen LogP contribution is -2.47. The van der Waals surface area contributed by atoms with Gasteiger partial charge in [0.25, 0.3) is 0 Å². The molecule has 0 bridgehead atoms. The average Bonchev–Trinajstić information content (AvgIpc) is 2.94. The minimum Gasteiger partial charge on any atom is -0.304 e. The Hall–Kier alpha value is 0.270. The number of piperazine rings is 1. The zero-order valence-electron chi connectivity index (χ0n) is 12.5. The van der Waals surface area contributed by atoms with E-state index in [9.17, 15) is 0 Å². The van der Waals surface area contributed by atoms with E-state index in [4.69, 9.17) is 12.6 Å². The van der Waals surface area contributed by atoms with E-state index >= 15 is 0 Å². The first-order valence-corrected chi connectivity index (χ1v) is 7.97. The van der Waals surface area contributed by atoms with E-state index in [1.54, 1.807) is 0 Å². The molecule has 3 atom stereocenters. The Labute approximate surface area is 119 Å². The van der Waals surface area contributed by atoms with E-state index in [2.05, 4.69) is 37.6 Å². The van der Waals surface area contributed by atoms with Crippen molar-refractivity contribution in [2.45, 2.75) is 45.4 Å². The molecule has 2 aliphatic rings. The molecular formula is C15H30N2S. The number of hydrogen-bond acceptors (Lipinski definition) is 3. The lowest BCUT2D eigenvalue weighted by molar-refractivity contribution is 0.138. The summed E-state index contributed by atoms with van der Waals surface area (Å²) in [6.07, 6.45) is 4.14. The summed E-state index contributed by atoms with van der Waals surface area (Å²) in [7, 11) is 2.21. The predicted octanol–water partition coefficient (Wildman–Crippen LogP) is 2.95. The summed E-state index contributed by atoms with van der Waals surface area (Å²) in [5, 5.41) is 0.494. The van der Waals surface area contributed by atoms with Gasteiger partial charge in [0.05, 0.1) is 5.37 Å². The summed E-state index contributed by atoms with van der Waals surface area (Å²) in [4.78, 5) is 4.98. The molecule has 0 spiro atoms. The highest BCUT2D eigenvalue weighted by Gasteiger charge is 2.40. The van der Waals surface area contributed by atoms with Crippen LogP contribution in [0, 0.1) is 17.3 Å². The highest BCUT2D eigenvalue weighted by atomic mass is 32.1. The molecule has 0 aromatic heterocycles. The lowest BCUT2D eigenvalue weighted by atomic mass is 9.89. The van der Waals surface area contributed by atoms with Gasteiger partial charge in [-0.2, -0.15) is 12.6 Å². The van der Waals surface area contributed by atoms with E-state index < -0.39 is 0 Å². The van der Waals surface area contributed by atoms with Crippen molar-refractivity contribution in [1.82, 2.24) is 9.80 Å². The van der Waals surface area contributed by atoms with Crippen molar-refractivity contribution < 1.29 is 0 Å². The monoisotopic (exact) mass is 270 g/mol. The van der Waals surface area contributed by atoms with Crippen molar-refractivity contribution in [2.24, 2.45) is 17.3 Å². The number of nitrogens with zero attached hydrogens (tertiary/aromatic N) is 2. The summed E-state index contributed by atoms with van der Waals surface area (Å²) >= 11 is 4.84. The third kappa shape index (κ3) is 4.43. The second-order valence-electron chi connectivity index (χ2n) is 7.58. The average molecular weight is 270 g/mol. The summed E-state index contributed by atoms with van der Waals surface area (Å²) in [5.41, 5.74) is 0.499. The van der Waals surface area contributed by atoms with Gasteiger partial charge in [-0.25, -0.2) is 0 Å². The van der Waals surface area contributed by atoms with Gasteiger partial charge in [0.1, 0.15) is 0 Å². The first kappa shape index (κ1) is 14.7. The molecule has 1 aliphatic heterocycles. The minimum absolute atomic E-state index is 0.494. The molecule has 2 rings (SSSR count). The van der Waals surface area contributed by atoms with Gasteiger partial charge in [-0.15, -0.1) is 0 Å². The Morgan fingerprint density at radius 1 is 1.11 bits per heavy atom. The molecule has 3 heteroatoms. The van der Waals surface area contributed by atoms with Crippen LogP contribution in [0.25, 0.3) is 0 Å². The Kier molecular flexibility index (Phi) is 4.66. The van der Waals surface area contributed by atoms with Gasteiger partial charge in [0, 0.05) is 26.2 Å². The predicted molar refractivity (Wildman–Crippen MR) is 82.1 cm³/mol. The van der Waals surface area contributed by atoms with Crippen molar-refractivity contribution >= 4 is 12.6 Å². The summed E-state index contributed by atoms with van der Waals surface area (Å²) in [5.74, 6) is 1.93. The van der Waals surface area contributed by atoms with Crippen molar-refractivity contribution in [1.29, 1.82) is 0 Å². The van der Waals surface area contributed by atoms with Gasteiger partial charge in [0.15, 0.2) is 0 Å². The Balaban J connectivity index is 1.68. The van der Waals surface area contributed by atoms with E-state index in [1.807, 2.05) is 0 Å². The van der Waals surface area contributed by atoms with Gasteiger partial charge in [-0.05, 0) is 43.6 Å². The molecule has 1 saturated heterocycles. The maximum absolute atomic E-state index is 4.84. The third-order valence-corrected chi connectivity index (χ3v) is 4.95. The zero-order chi connectivity index (χ0) is 13.3. The van der Waals surface area contributed by atoms with E-state index in [0.29, 0.717) is 10.8 Å². The van der Waals surface area contributed by atoms with Crippen LogP contribution >= 0.6 is 12.6 Å². The van der Waals surface area contributed by atoms with Crippen LogP contribution in [0.3, 0.4) is 0 Å². The van der Waals surface area contributed by atoms with Gasteiger partial charge < -0.3 is 4.90 Å². The topological polar surface area (TPSA) is 6.48 Å². The molecule has 0 aromatic carbocycles. The fourth-order valence-electron chi connectivity index (χ4n) is 3.18. The van der Waals surface area contributed by atoms with Crippen molar-refractivity contribution in [3.05, 3.63) is 0 Å². The summed E-state index contributed by atoms with van der Waals surface area (Å²) < 4.78 is 0. The Bertz CT molecular complexity index is 266. The molecule has 0 aromatic rings. The fourth-order valence-corrected chi connectivity index (χ4v) is 3.68. The maximum Gasteiger partial charge on any atom is 0.0531 e. The maximum atomic E-state index is 4.84. The minimum atomic E-state index is 0.494. The smallest absolute Gasteiger partial charge is 0.0531 e. The van der Waals surface area contributed by atoms with Gasteiger partial charge in [-0.1, -0.05) is 20.8 Å². The lowest BCUT2D eigenvalue weighted by Gasteiger charge is -2.36. The molecule has 18 heavy (non-hydrogen) atoms. The van der Waals surface area contributed by atoms with Crippen molar-refractivity contribution in [3.8, 4) is 0 Å². The first-order chi connectivity index (χ1) is 8.35.